The van der Waals surface area contributed by atoms with Crippen LogP contribution in [0.2, 0.25) is 0 Å². The third kappa shape index (κ3) is 5.61. The zero-order valence-corrected chi connectivity index (χ0v) is 22.8. The number of fused-ring (bicyclic) bond motifs is 1. The molecule has 5 rings (SSSR count). The fraction of sp³-hybridized carbons (Fsp3) is 0.0645. The minimum Gasteiger partial charge on any atom is -0.493 e. The maximum absolute atomic E-state index is 13.2. The SMILES string of the molecule is COc1cc(C=NNC(=O)c2[nH]c3c(Br)cccc3c2-c2ccccc2)ccc1OC(=O)c1ccc(C)cc1. The molecule has 2 N–H and O–H groups in total. The van der Waals surface area contributed by atoms with E-state index in [1.807, 2.05) is 67.6 Å². The molecular formula is C31H24BrN3O4. The Labute approximate surface area is 233 Å². The van der Waals surface area contributed by atoms with E-state index in [1.54, 1.807) is 30.3 Å². The molecule has 0 radical (unpaired) electrons. The first-order valence-electron chi connectivity index (χ1n) is 12.1. The Bertz CT molecular complexity index is 1690. The molecule has 39 heavy (non-hydrogen) atoms. The molecule has 1 heterocycles. The van der Waals surface area contributed by atoms with E-state index in [4.69, 9.17) is 9.47 Å². The quantitative estimate of drug-likeness (QED) is 0.0946. The van der Waals surface area contributed by atoms with Crippen LogP contribution in [0.3, 0.4) is 0 Å². The van der Waals surface area contributed by atoms with Gasteiger partial charge in [-0.15, -0.1) is 0 Å². The number of aromatic nitrogens is 1. The molecule has 0 atom stereocenters. The predicted octanol–water partition coefficient (Wildman–Crippen LogP) is 6.90. The number of rotatable bonds is 7. The van der Waals surface area contributed by atoms with Gasteiger partial charge < -0.3 is 14.5 Å². The summed E-state index contributed by atoms with van der Waals surface area (Å²) in [5, 5.41) is 5.07. The molecule has 0 aliphatic rings. The lowest BCUT2D eigenvalue weighted by molar-refractivity contribution is 0.0729. The first-order chi connectivity index (χ1) is 18.9. The lowest BCUT2D eigenvalue weighted by atomic mass is 10.0. The number of methoxy groups -OCH3 is 1. The van der Waals surface area contributed by atoms with Gasteiger partial charge >= 0.3 is 5.97 Å². The van der Waals surface area contributed by atoms with Crippen molar-refractivity contribution in [1.82, 2.24) is 10.4 Å². The van der Waals surface area contributed by atoms with Gasteiger partial charge in [0.25, 0.3) is 5.91 Å². The van der Waals surface area contributed by atoms with Crippen molar-refractivity contribution in [2.75, 3.05) is 7.11 Å². The van der Waals surface area contributed by atoms with E-state index in [0.717, 1.165) is 32.1 Å². The van der Waals surface area contributed by atoms with Gasteiger partial charge in [0.1, 0.15) is 5.69 Å². The Kier molecular flexibility index (Phi) is 7.56. The molecule has 0 fully saturated rings. The first-order valence-corrected chi connectivity index (χ1v) is 12.9. The van der Waals surface area contributed by atoms with Crippen molar-refractivity contribution in [2.24, 2.45) is 5.10 Å². The number of carbonyl (C=O) groups is 2. The average Bonchev–Trinajstić information content (AvgIpc) is 3.35. The van der Waals surface area contributed by atoms with E-state index in [-0.39, 0.29) is 11.7 Å². The molecule has 1 amide bonds. The third-order valence-corrected chi connectivity index (χ3v) is 6.79. The van der Waals surface area contributed by atoms with E-state index < -0.39 is 5.97 Å². The summed E-state index contributed by atoms with van der Waals surface area (Å²) in [6.07, 6.45) is 1.49. The van der Waals surface area contributed by atoms with Crippen molar-refractivity contribution < 1.29 is 19.1 Å². The number of carbonyl (C=O) groups excluding carboxylic acids is 2. The number of esters is 1. The summed E-state index contributed by atoms with van der Waals surface area (Å²) in [5.41, 5.74) is 7.67. The molecule has 0 aliphatic carbocycles. The van der Waals surface area contributed by atoms with Gasteiger partial charge in [0.2, 0.25) is 0 Å². The number of nitrogens with zero attached hydrogens (tertiary/aromatic N) is 1. The number of ether oxygens (including phenoxy) is 2. The first kappa shape index (κ1) is 25.9. The van der Waals surface area contributed by atoms with Crippen LogP contribution < -0.4 is 14.9 Å². The van der Waals surface area contributed by atoms with E-state index in [2.05, 4.69) is 31.4 Å². The number of halogens is 1. The van der Waals surface area contributed by atoms with Crippen LogP contribution in [0, 0.1) is 6.92 Å². The molecule has 4 aromatic carbocycles. The Morgan fingerprint density at radius 1 is 0.923 bits per heavy atom. The Morgan fingerprint density at radius 3 is 2.44 bits per heavy atom. The normalized spacial score (nSPS) is 11.1. The standard InChI is InChI=1S/C31H24BrN3O4/c1-19-11-14-22(15-12-19)31(37)39-25-16-13-20(17-26(25)38-2)18-33-35-30(36)29-27(21-7-4-3-5-8-21)23-9-6-10-24(32)28(23)34-29/h3-18,34H,1-2H3,(H,35,36). The number of aromatic amines is 1. The fourth-order valence-electron chi connectivity index (χ4n) is 4.18. The molecule has 0 spiro atoms. The Hall–Kier alpha value is -4.69. The summed E-state index contributed by atoms with van der Waals surface area (Å²) < 4.78 is 11.8. The number of H-pyrrole nitrogens is 1. The molecule has 7 nitrogen and oxygen atoms in total. The van der Waals surface area contributed by atoms with Gasteiger partial charge in [0, 0.05) is 15.4 Å². The monoisotopic (exact) mass is 581 g/mol. The second kappa shape index (κ2) is 11.4. The summed E-state index contributed by atoms with van der Waals surface area (Å²) in [7, 11) is 1.49. The summed E-state index contributed by atoms with van der Waals surface area (Å²) in [4.78, 5) is 29.0. The van der Waals surface area contributed by atoms with Crippen LogP contribution >= 0.6 is 15.9 Å². The maximum Gasteiger partial charge on any atom is 0.343 e. The number of amides is 1. The van der Waals surface area contributed by atoms with Crippen LogP contribution in [0.1, 0.15) is 32.0 Å². The van der Waals surface area contributed by atoms with E-state index in [1.165, 1.54) is 13.3 Å². The molecular weight excluding hydrogens is 558 g/mol. The minimum atomic E-state index is -0.485. The molecule has 194 valence electrons. The fourth-order valence-corrected chi connectivity index (χ4v) is 4.64. The van der Waals surface area contributed by atoms with Gasteiger partial charge in [-0.2, -0.15) is 5.10 Å². The molecule has 1 aromatic heterocycles. The number of aryl methyl sites for hydroxylation is 1. The van der Waals surface area contributed by atoms with Gasteiger partial charge in [-0.25, -0.2) is 10.2 Å². The van der Waals surface area contributed by atoms with Crippen LogP contribution in [-0.4, -0.2) is 30.2 Å². The number of para-hydroxylation sites is 1. The highest BCUT2D eigenvalue weighted by molar-refractivity contribution is 9.10. The predicted molar refractivity (Wildman–Crippen MR) is 156 cm³/mol. The lowest BCUT2D eigenvalue weighted by Gasteiger charge is -2.10. The summed E-state index contributed by atoms with van der Waals surface area (Å²) in [6.45, 7) is 1.95. The summed E-state index contributed by atoms with van der Waals surface area (Å²) >= 11 is 3.56. The minimum absolute atomic E-state index is 0.278. The second-order valence-corrected chi connectivity index (χ2v) is 9.62. The van der Waals surface area contributed by atoms with E-state index in [0.29, 0.717) is 22.6 Å². The number of hydrazone groups is 1. The number of hydrogen-bond donors (Lipinski definition) is 2. The third-order valence-electron chi connectivity index (χ3n) is 6.13. The zero-order chi connectivity index (χ0) is 27.4. The highest BCUT2D eigenvalue weighted by Crippen LogP contribution is 2.35. The summed E-state index contributed by atoms with van der Waals surface area (Å²) in [6, 6.07) is 27.7. The molecule has 0 bridgehead atoms. The number of benzene rings is 4. The van der Waals surface area contributed by atoms with E-state index in [9.17, 15) is 9.59 Å². The Balaban J connectivity index is 1.35. The van der Waals surface area contributed by atoms with Crippen molar-refractivity contribution >= 4 is 44.9 Å². The van der Waals surface area contributed by atoms with Gasteiger partial charge in [-0.05, 0) is 70.4 Å². The number of nitrogens with one attached hydrogen (secondary N) is 2. The van der Waals surface area contributed by atoms with Gasteiger partial charge in [0.15, 0.2) is 11.5 Å². The highest BCUT2D eigenvalue weighted by Gasteiger charge is 2.20. The van der Waals surface area contributed by atoms with Crippen molar-refractivity contribution in [3.63, 3.8) is 0 Å². The van der Waals surface area contributed by atoms with Gasteiger partial charge in [-0.1, -0.05) is 60.2 Å². The lowest BCUT2D eigenvalue weighted by Crippen LogP contribution is -2.18. The molecule has 0 aliphatic heterocycles. The van der Waals surface area contributed by atoms with Gasteiger partial charge in [0.05, 0.1) is 24.4 Å². The topological polar surface area (TPSA) is 92.8 Å². The zero-order valence-electron chi connectivity index (χ0n) is 21.2. The van der Waals surface area contributed by atoms with Crippen molar-refractivity contribution in [1.29, 1.82) is 0 Å². The van der Waals surface area contributed by atoms with Crippen molar-refractivity contribution in [2.45, 2.75) is 6.92 Å². The van der Waals surface area contributed by atoms with Crippen LogP contribution in [-0.2, 0) is 0 Å². The average molecular weight is 582 g/mol. The van der Waals surface area contributed by atoms with Crippen LogP contribution in [0.25, 0.3) is 22.0 Å². The smallest absolute Gasteiger partial charge is 0.343 e. The van der Waals surface area contributed by atoms with Crippen molar-refractivity contribution in [3.05, 3.63) is 118 Å². The molecule has 8 heteroatoms. The van der Waals surface area contributed by atoms with Crippen LogP contribution in [0.15, 0.2) is 101 Å². The largest absolute Gasteiger partial charge is 0.493 e. The highest BCUT2D eigenvalue weighted by atomic mass is 79.9. The van der Waals surface area contributed by atoms with Crippen molar-refractivity contribution in [3.8, 4) is 22.6 Å². The summed E-state index contributed by atoms with van der Waals surface area (Å²) in [5.74, 6) is -0.233. The molecule has 0 saturated heterocycles. The Morgan fingerprint density at radius 2 is 1.69 bits per heavy atom. The second-order valence-electron chi connectivity index (χ2n) is 8.77. The van der Waals surface area contributed by atoms with Crippen LogP contribution in [0.5, 0.6) is 11.5 Å². The molecule has 5 aromatic rings. The van der Waals surface area contributed by atoms with E-state index >= 15 is 0 Å². The number of hydrogen-bond acceptors (Lipinski definition) is 5. The van der Waals surface area contributed by atoms with Crippen LogP contribution in [0.4, 0.5) is 0 Å². The van der Waals surface area contributed by atoms with Gasteiger partial charge in [-0.3, -0.25) is 4.79 Å². The maximum atomic E-state index is 13.2. The molecule has 0 saturated carbocycles. The molecule has 0 unspecified atom stereocenters.